The average Bonchev–Trinajstić information content (AvgIpc) is 3.18. The molecule has 0 radical (unpaired) electrons. The van der Waals surface area contributed by atoms with E-state index in [0.717, 1.165) is 50.3 Å². The highest BCUT2D eigenvalue weighted by Crippen LogP contribution is 2.66. The van der Waals surface area contributed by atoms with Gasteiger partial charge in [-0.1, -0.05) is 19.9 Å². The van der Waals surface area contributed by atoms with Crippen molar-refractivity contribution in [1.29, 1.82) is 0 Å². The van der Waals surface area contributed by atoms with Gasteiger partial charge in [-0.15, -0.1) is 0 Å². The highest BCUT2D eigenvalue weighted by Gasteiger charge is 2.60. The van der Waals surface area contributed by atoms with E-state index in [1.807, 2.05) is 11.9 Å². The van der Waals surface area contributed by atoms with E-state index >= 15 is 0 Å². The monoisotopic (exact) mass is 504 g/mol. The molecule has 2 saturated carbocycles. The van der Waals surface area contributed by atoms with E-state index in [2.05, 4.69) is 25.2 Å². The third-order valence-electron chi connectivity index (χ3n) is 10.1. The summed E-state index contributed by atoms with van der Waals surface area (Å²) < 4.78 is 45.3. The number of anilines is 1. The van der Waals surface area contributed by atoms with Crippen LogP contribution in [0.5, 0.6) is 5.75 Å². The minimum absolute atomic E-state index is 0.0235. The third kappa shape index (κ3) is 3.74. The summed E-state index contributed by atoms with van der Waals surface area (Å²) in [4.78, 5) is 27.6. The van der Waals surface area contributed by atoms with E-state index in [-0.39, 0.29) is 40.0 Å². The van der Waals surface area contributed by atoms with Gasteiger partial charge in [-0.2, -0.15) is 13.2 Å². The van der Waals surface area contributed by atoms with Gasteiger partial charge in [0.1, 0.15) is 5.75 Å². The number of methoxy groups -OCH3 is 1. The summed E-state index contributed by atoms with van der Waals surface area (Å²) in [5, 5.41) is 2.79. The van der Waals surface area contributed by atoms with Gasteiger partial charge in [0.15, 0.2) is 0 Å². The van der Waals surface area contributed by atoms with Crippen LogP contribution in [0.1, 0.15) is 64.4 Å². The molecule has 1 saturated heterocycles. The largest absolute Gasteiger partial charge is 0.496 e. The van der Waals surface area contributed by atoms with Crippen LogP contribution in [0.25, 0.3) is 0 Å². The zero-order valence-electron chi connectivity index (χ0n) is 21.4. The Hall–Kier alpha value is -2.51. The van der Waals surface area contributed by atoms with Crippen molar-refractivity contribution in [2.45, 2.75) is 65.0 Å². The van der Waals surface area contributed by atoms with Crippen molar-refractivity contribution in [3.05, 3.63) is 35.5 Å². The molecule has 3 aliphatic carbocycles. The van der Waals surface area contributed by atoms with Crippen LogP contribution in [-0.4, -0.2) is 30.9 Å². The van der Waals surface area contributed by atoms with Gasteiger partial charge < -0.3 is 15.0 Å². The van der Waals surface area contributed by atoms with E-state index in [1.54, 1.807) is 0 Å². The SMILES string of the molecule is COc1ccc(NC(=O)C2CC[C@H]3[C@@H]4CC=C5N(C)C(=O)CC[C@]5(C)[C@@H]4CC[C@]23C)cc1C(F)(F)F. The number of halogens is 3. The summed E-state index contributed by atoms with van der Waals surface area (Å²) >= 11 is 0. The first-order chi connectivity index (χ1) is 16.9. The summed E-state index contributed by atoms with van der Waals surface area (Å²) in [5.41, 5.74) is 0.192. The Kier molecular flexibility index (Phi) is 5.95. The number of nitrogens with zero attached hydrogens (tertiary/aromatic N) is 1. The van der Waals surface area contributed by atoms with Gasteiger partial charge in [-0.3, -0.25) is 9.59 Å². The van der Waals surface area contributed by atoms with Gasteiger partial charge >= 0.3 is 6.18 Å². The fraction of sp³-hybridized carbons (Fsp3) is 0.643. The normalized spacial score (nSPS) is 35.9. The van der Waals surface area contributed by atoms with Crippen LogP contribution >= 0.6 is 0 Å². The first-order valence-corrected chi connectivity index (χ1v) is 12.9. The molecule has 3 fully saturated rings. The topological polar surface area (TPSA) is 58.6 Å². The first kappa shape index (κ1) is 25.2. The molecule has 6 atom stereocenters. The Balaban J connectivity index is 1.37. The fourth-order valence-corrected chi connectivity index (χ4v) is 8.25. The third-order valence-corrected chi connectivity index (χ3v) is 10.1. The number of hydrogen-bond acceptors (Lipinski definition) is 3. The molecule has 0 bridgehead atoms. The van der Waals surface area contributed by atoms with Crippen LogP contribution in [0, 0.1) is 34.5 Å². The Bertz CT molecular complexity index is 1120. The van der Waals surface area contributed by atoms with Crippen molar-refractivity contribution >= 4 is 17.5 Å². The predicted molar refractivity (Wildman–Crippen MR) is 130 cm³/mol. The van der Waals surface area contributed by atoms with Gasteiger partial charge in [-0.05, 0) is 79.9 Å². The molecule has 1 aliphatic heterocycles. The maximum absolute atomic E-state index is 13.5. The summed E-state index contributed by atoms with van der Waals surface area (Å²) in [5.74, 6) is 0.791. The molecular formula is C28H35F3N2O3. The van der Waals surface area contributed by atoms with Gasteiger partial charge in [0.25, 0.3) is 0 Å². The number of likely N-dealkylation sites (tertiary alicyclic amines) is 1. The maximum atomic E-state index is 13.5. The summed E-state index contributed by atoms with van der Waals surface area (Å²) in [6.45, 7) is 4.51. The quantitative estimate of drug-likeness (QED) is 0.529. The van der Waals surface area contributed by atoms with Crippen molar-refractivity contribution in [3.8, 4) is 5.75 Å². The molecule has 1 aromatic rings. The van der Waals surface area contributed by atoms with Crippen LogP contribution in [0.3, 0.4) is 0 Å². The minimum Gasteiger partial charge on any atom is -0.496 e. The van der Waals surface area contributed by atoms with E-state index < -0.39 is 11.7 Å². The van der Waals surface area contributed by atoms with Crippen molar-refractivity contribution in [1.82, 2.24) is 4.90 Å². The van der Waals surface area contributed by atoms with Crippen molar-refractivity contribution in [2.24, 2.45) is 34.5 Å². The standard InChI is InChI=1S/C28H35F3N2O3/c1-26-13-11-19-17(6-10-23-27(19,2)14-12-24(34)33(23)3)18(26)7-8-20(26)25(35)32-16-5-9-22(36-4)21(15-16)28(29,30)31/h5,9-10,15,17-20H,6-8,11-14H2,1-4H3,(H,32,35)/t17-,18-,19+,20?,26-,27+/m0/s1. The smallest absolute Gasteiger partial charge is 0.420 e. The average molecular weight is 505 g/mol. The van der Waals surface area contributed by atoms with Gasteiger partial charge in [-0.25, -0.2) is 0 Å². The number of alkyl halides is 3. The molecule has 1 unspecified atom stereocenters. The molecule has 36 heavy (non-hydrogen) atoms. The lowest BCUT2D eigenvalue weighted by atomic mass is 9.49. The number of allylic oxidation sites excluding steroid dienone is 2. The molecule has 1 aromatic carbocycles. The van der Waals surface area contributed by atoms with E-state index in [4.69, 9.17) is 4.74 Å². The zero-order valence-corrected chi connectivity index (χ0v) is 21.4. The number of nitrogens with one attached hydrogen (secondary N) is 1. The second kappa shape index (κ2) is 8.52. The lowest BCUT2D eigenvalue weighted by Gasteiger charge is -2.58. The van der Waals surface area contributed by atoms with Gasteiger partial charge in [0, 0.05) is 36.2 Å². The molecule has 5 nitrogen and oxygen atoms in total. The van der Waals surface area contributed by atoms with Crippen molar-refractivity contribution in [2.75, 3.05) is 19.5 Å². The highest BCUT2D eigenvalue weighted by atomic mass is 19.4. The molecular weight excluding hydrogens is 469 g/mol. The first-order valence-electron chi connectivity index (χ1n) is 12.9. The summed E-state index contributed by atoms with van der Waals surface area (Å²) in [7, 11) is 3.09. The van der Waals surface area contributed by atoms with Gasteiger partial charge in [0.2, 0.25) is 11.8 Å². The molecule has 0 aromatic heterocycles. The number of ether oxygens (including phenoxy) is 1. The molecule has 2 amide bonds. The number of piperidine rings is 1. The number of carbonyl (C=O) groups excluding carboxylic acids is 2. The van der Waals surface area contributed by atoms with E-state index in [1.165, 1.54) is 19.2 Å². The van der Waals surface area contributed by atoms with Crippen LogP contribution < -0.4 is 10.1 Å². The van der Waals surface area contributed by atoms with Crippen LogP contribution in [0.4, 0.5) is 18.9 Å². The molecule has 1 N–H and O–H groups in total. The van der Waals surface area contributed by atoms with E-state index in [0.29, 0.717) is 24.2 Å². The summed E-state index contributed by atoms with van der Waals surface area (Å²) in [6.07, 6.45) is 3.63. The Morgan fingerprint density at radius 3 is 2.58 bits per heavy atom. The van der Waals surface area contributed by atoms with Gasteiger partial charge in [0.05, 0.1) is 12.7 Å². The molecule has 196 valence electrons. The van der Waals surface area contributed by atoms with Crippen LogP contribution in [-0.2, 0) is 15.8 Å². The minimum atomic E-state index is -4.57. The highest BCUT2D eigenvalue weighted by molar-refractivity contribution is 5.93. The Morgan fingerprint density at radius 1 is 1.14 bits per heavy atom. The molecule has 4 aliphatic rings. The second-order valence-corrected chi connectivity index (χ2v) is 11.6. The number of rotatable bonds is 3. The number of benzene rings is 1. The lowest BCUT2D eigenvalue weighted by Crippen LogP contribution is -2.54. The Labute approximate surface area is 210 Å². The maximum Gasteiger partial charge on any atom is 0.420 e. The van der Waals surface area contributed by atoms with Crippen LogP contribution in [0.2, 0.25) is 0 Å². The lowest BCUT2D eigenvalue weighted by molar-refractivity contribution is -0.138. The van der Waals surface area contributed by atoms with Crippen molar-refractivity contribution < 1.29 is 27.5 Å². The van der Waals surface area contributed by atoms with Crippen LogP contribution in [0.15, 0.2) is 30.0 Å². The Morgan fingerprint density at radius 2 is 1.89 bits per heavy atom. The number of amides is 2. The zero-order chi connectivity index (χ0) is 26.0. The molecule has 8 heteroatoms. The fourth-order valence-electron chi connectivity index (χ4n) is 8.25. The number of carbonyl (C=O) groups is 2. The van der Waals surface area contributed by atoms with E-state index in [9.17, 15) is 22.8 Å². The number of hydrogen-bond donors (Lipinski definition) is 1. The molecule has 0 spiro atoms. The summed E-state index contributed by atoms with van der Waals surface area (Å²) in [6, 6.07) is 3.67. The molecule has 1 heterocycles. The predicted octanol–water partition coefficient (Wildman–Crippen LogP) is 6.26. The second-order valence-electron chi connectivity index (χ2n) is 11.6. The molecule has 5 rings (SSSR count). The van der Waals surface area contributed by atoms with Crippen molar-refractivity contribution in [3.63, 3.8) is 0 Å². The number of fused-ring (bicyclic) bond motifs is 5.